The molecule has 1 aromatic carbocycles. The SMILES string of the molecule is N#CCC1(n2cc(-c3ncnc4[nH]ccc34)cn2)CN(C2CCN(C(=O)O)C(Cc3cc(F)cc(F)c3)C2)C1. The van der Waals surface area contributed by atoms with Crippen LogP contribution in [0.3, 0.4) is 0 Å². The van der Waals surface area contributed by atoms with E-state index in [-0.39, 0.29) is 18.9 Å². The molecule has 5 heterocycles. The molecule has 0 spiro atoms. The summed E-state index contributed by atoms with van der Waals surface area (Å²) < 4.78 is 29.4. The standard InChI is InChI=1S/C27H26F2N8O2/c28-19-7-17(8-20(29)10-19)9-22-11-21(2-6-36(22)26(38)39)35-14-27(15-35,3-4-30)37-13-18(12-34-37)24-23-1-5-31-25(23)33-16-32-24/h1,5,7-8,10,12-13,16,21-22H,2-3,6,9,11,14-15H2,(H,38,39)(H,31,32,33). The minimum atomic E-state index is -1.04. The average Bonchev–Trinajstić information content (AvgIpc) is 3.55. The van der Waals surface area contributed by atoms with Gasteiger partial charge >= 0.3 is 6.09 Å². The summed E-state index contributed by atoms with van der Waals surface area (Å²) in [5.41, 5.74) is 2.24. The van der Waals surface area contributed by atoms with Crippen LogP contribution in [0.25, 0.3) is 22.3 Å². The number of piperidine rings is 1. The van der Waals surface area contributed by atoms with E-state index < -0.39 is 29.3 Å². The molecule has 2 aliphatic heterocycles. The van der Waals surface area contributed by atoms with Crippen LogP contribution in [0.1, 0.15) is 24.8 Å². The van der Waals surface area contributed by atoms with Crippen LogP contribution in [0.2, 0.25) is 0 Å². The summed E-state index contributed by atoms with van der Waals surface area (Å²) in [6, 6.07) is 7.20. The number of aromatic amines is 1. The lowest BCUT2D eigenvalue weighted by Gasteiger charge is -2.54. The number of hydrogen-bond donors (Lipinski definition) is 2. The molecule has 12 heteroatoms. The number of rotatable bonds is 6. The van der Waals surface area contributed by atoms with E-state index in [9.17, 15) is 23.9 Å². The van der Waals surface area contributed by atoms with Crippen molar-refractivity contribution in [2.75, 3.05) is 19.6 Å². The highest BCUT2D eigenvalue weighted by Crippen LogP contribution is 2.38. The van der Waals surface area contributed by atoms with Gasteiger partial charge in [0.2, 0.25) is 0 Å². The van der Waals surface area contributed by atoms with Gasteiger partial charge in [-0.15, -0.1) is 0 Å². The zero-order valence-electron chi connectivity index (χ0n) is 21.0. The monoisotopic (exact) mass is 532 g/mol. The summed E-state index contributed by atoms with van der Waals surface area (Å²) >= 11 is 0. The minimum Gasteiger partial charge on any atom is -0.465 e. The maximum absolute atomic E-state index is 13.8. The predicted octanol–water partition coefficient (Wildman–Crippen LogP) is 3.78. The largest absolute Gasteiger partial charge is 0.465 e. The van der Waals surface area contributed by atoms with Gasteiger partial charge in [0.25, 0.3) is 0 Å². The number of hydrogen-bond acceptors (Lipinski definition) is 6. The van der Waals surface area contributed by atoms with Crippen LogP contribution in [-0.2, 0) is 12.0 Å². The topological polar surface area (TPSA) is 127 Å². The Morgan fingerprint density at radius 3 is 2.77 bits per heavy atom. The highest BCUT2D eigenvalue weighted by atomic mass is 19.1. The van der Waals surface area contributed by atoms with E-state index in [1.54, 1.807) is 6.20 Å². The quantitative estimate of drug-likeness (QED) is 0.387. The van der Waals surface area contributed by atoms with Crippen molar-refractivity contribution in [2.24, 2.45) is 0 Å². The van der Waals surface area contributed by atoms with Crippen molar-refractivity contribution in [3.8, 4) is 17.3 Å². The Kier molecular flexibility index (Phi) is 6.23. The Morgan fingerprint density at radius 1 is 1.23 bits per heavy atom. The van der Waals surface area contributed by atoms with Crippen molar-refractivity contribution in [1.29, 1.82) is 5.26 Å². The second-order valence-electron chi connectivity index (χ2n) is 10.4. The number of likely N-dealkylation sites (tertiary alicyclic amines) is 2. The fourth-order valence-corrected chi connectivity index (χ4v) is 6.07. The first-order valence-corrected chi connectivity index (χ1v) is 12.7. The minimum absolute atomic E-state index is 0.0761. The Bertz CT molecular complexity index is 1550. The van der Waals surface area contributed by atoms with Gasteiger partial charge < -0.3 is 15.0 Å². The van der Waals surface area contributed by atoms with Crippen LogP contribution < -0.4 is 0 Å². The number of benzene rings is 1. The maximum atomic E-state index is 13.8. The normalized spacial score (nSPS) is 21.0. The van der Waals surface area contributed by atoms with Gasteiger partial charge in [0.15, 0.2) is 0 Å². The van der Waals surface area contributed by atoms with Crippen molar-refractivity contribution in [3.05, 3.63) is 66.4 Å². The molecule has 0 aliphatic carbocycles. The number of aromatic nitrogens is 5. The Morgan fingerprint density at radius 2 is 2.03 bits per heavy atom. The third kappa shape index (κ3) is 4.59. The summed E-state index contributed by atoms with van der Waals surface area (Å²) in [7, 11) is 0. The lowest BCUT2D eigenvalue weighted by molar-refractivity contribution is -0.0499. The molecule has 2 atom stereocenters. The van der Waals surface area contributed by atoms with Gasteiger partial charge in [-0.25, -0.2) is 23.5 Å². The van der Waals surface area contributed by atoms with E-state index in [1.165, 1.54) is 23.4 Å². The second kappa shape index (κ2) is 9.74. The number of amides is 1. The molecule has 2 unspecified atom stereocenters. The second-order valence-corrected chi connectivity index (χ2v) is 10.4. The molecule has 0 radical (unpaired) electrons. The van der Waals surface area contributed by atoms with Crippen LogP contribution in [-0.4, -0.2) is 77.4 Å². The maximum Gasteiger partial charge on any atom is 0.407 e. The number of fused-ring (bicyclic) bond motifs is 1. The summed E-state index contributed by atoms with van der Waals surface area (Å²) in [5, 5.41) is 24.9. The molecule has 6 rings (SSSR count). The number of H-pyrrole nitrogens is 1. The predicted molar refractivity (Wildman–Crippen MR) is 136 cm³/mol. The van der Waals surface area contributed by atoms with Crippen molar-refractivity contribution in [3.63, 3.8) is 0 Å². The molecule has 1 amide bonds. The molecule has 2 aliphatic rings. The van der Waals surface area contributed by atoms with Gasteiger partial charge in [0, 0.05) is 61.1 Å². The third-order valence-electron chi connectivity index (χ3n) is 7.94. The van der Waals surface area contributed by atoms with E-state index in [4.69, 9.17) is 0 Å². The third-order valence-corrected chi connectivity index (χ3v) is 7.94. The molecule has 3 aromatic heterocycles. The zero-order valence-corrected chi connectivity index (χ0v) is 21.0. The fourth-order valence-electron chi connectivity index (χ4n) is 6.07. The van der Waals surface area contributed by atoms with Crippen molar-refractivity contribution < 1.29 is 18.7 Å². The van der Waals surface area contributed by atoms with Crippen molar-refractivity contribution in [2.45, 2.75) is 43.3 Å². The van der Waals surface area contributed by atoms with Gasteiger partial charge in [0.05, 0.1) is 24.4 Å². The Hall–Kier alpha value is -4.37. The molecule has 4 aromatic rings. The highest BCUT2D eigenvalue weighted by molar-refractivity contribution is 5.90. The molecule has 0 saturated carbocycles. The molecule has 2 N–H and O–H groups in total. The lowest BCUT2D eigenvalue weighted by atomic mass is 9.82. The van der Waals surface area contributed by atoms with E-state index >= 15 is 0 Å². The first-order valence-electron chi connectivity index (χ1n) is 12.7. The van der Waals surface area contributed by atoms with E-state index in [1.807, 2.05) is 23.1 Å². The molecular weight excluding hydrogens is 506 g/mol. The summed E-state index contributed by atoms with van der Waals surface area (Å²) in [5.74, 6) is -1.36. The summed E-state index contributed by atoms with van der Waals surface area (Å²) in [6.45, 7) is 1.50. The number of carboxylic acid groups (broad SMARTS) is 1. The van der Waals surface area contributed by atoms with E-state index in [0.29, 0.717) is 38.0 Å². The highest BCUT2D eigenvalue weighted by Gasteiger charge is 2.49. The number of halogens is 2. The Balaban J connectivity index is 1.19. The molecular formula is C27H26F2N8O2. The number of nitriles is 1. The van der Waals surface area contributed by atoms with Crippen LogP contribution in [0.15, 0.2) is 49.2 Å². The summed E-state index contributed by atoms with van der Waals surface area (Å²) in [4.78, 5) is 27.3. The molecule has 39 heavy (non-hydrogen) atoms. The van der Waals surface area contributed by atoms with Gasteiger partial charge in [-0.05, 0) is 43.0 Å². The first kappa shape index (κ1) is 24.9. The van der Waals surface area contributed by atoms with Gasteiger partial charge in [0.1, 0.15) is 29.1 Å². The van der Waals surface area contributed by atoms with Crippen LogP contribution >= 0.6 is 0 Å². The van der Waals surface area contributed by atoms with Gasteiger partial charge in [-0.3, -0.25) is 9.58 Å². The van der Waals surface area contributed by atoms with Crippen molar-refractivity contribution in [1.82, 2.24) is 34.5 Å². The number of nitrogens with zero attached hydrogens (tertiary/aromatic N) is 7. The number of carbonyl (C=O) groups is 1. The van der Waals surface area contributed by atoms with Gasteiger partial charge in [-0.1, -0.05) is 0 Å². The molecule has 0 bridgehead atoms. The van der Waals surface area contributed by atoms with E-state index in [0.717, 1.165) is 28.4 Å². The fraction of sp³-hybridized carbons (Fsp3) is 0.370. The average molecular weight is 533 g/mol. The van der Waals surface area contributed by atoms with Crippen molar-refractivity contribution >= 4 is 17.1 Å². The molecule has 2 saturated heterocycles. The van der Waals surface area contributed by atoms with Crippen LogP contribution in [0, 0.1) is 23.0 Å². The zero-order chi connectivity index (χ0) is 27.1. The molecule has 2 fully saturated rings. The Labute approximate surface area is 222 Å². The lowest BCUT2D eigenvalue weighted by Crippen LogP contribution is -2.67. The van der Waals surface area contributed by atoms with Crippen LogP contribution in [0.4, 0.5) is 13.6 Å². The van der Waals surface area contributed by atoms with Gasteiger partial charge in [-0.2, -0.15) is 10.4 Å². The van der Waals surface area contributed by atoms with E-state index in [2.05, 4.69) is 31.0 Å². The molecule has 10 nitrogen and oxygen atoms in total. The smallest absolute Gasteiger partial charge is 0.407 e. The first-order chi connectivity index (χ1) is 18.8. The summed E-state index contributed by atoms with van der Waals surface area (Å²) in [6.07, 6.45) is 7.60. The molecule has 200 valence electrons. The number of nitrogens with one attached hydrogen (secondary N) is 1. The van der Waals surface area contributed by atoms with Crippen LogP contribution in [0.5, 0.6) is 0 Å².